The Morgan fingerprint density at radius 3 is 2.64 bits per heavy atom. The number of amides is 2. The van der Waals surface area contributed by atoms with Crippen molar-refractivity contribution in [3.63, 3.8) is 0 Å². The second-order valence-corrected chi connectivity index (χ2v) is 5.89. The van der Waals surface area contributed by atoms with Crippen LogP contribution in [0.4, 0.5) is 0 Å². The lowest BCUT2D eigenvalue weighted by atomic mass is 10.0. The predicted octanol–water partition coefficient (Wildman–Crippen LogP) is -0.953. The van der Waals surface area contributed by atoms with Gasteiger partial charge in [-0.2, -0.15) is 0 Å². The van der Waals surface area contributed by atoms with Crippen LogP contribution in [-0.2, 0) is 20.8 Å². The van der Waals surface area contributed by atoms with E-state index in [9.17, 15) is 19.5 Å². The molecule has 2 heterocycles. The van der Waals surface area contributed by atoms with Gasteiger partial charge in [0.05, 0.1) is 12.0 Å². The highest BCUT2D eigenvalue weighted by molar-refractivity contribution is 7.80. The molecule has 0 spiro atoms. The largest absolute Gasteiger partial charge is 0.548 e. The molecule has 1 aliphatic heterocycles. The van der Waals surface area contributed by atoms with E-state index < -0.39 is 29.7 Å². The van der Waals surface area contributed by atoms with Gasteiger partial charge in [-0.05, 0) is 23.8 Å². The normalized spacial score (nSPS) is 16.9. The van der Waals surface area contributed by atoms with Crippen LogP contribution in [0.1, 0.15) is 5.56 Å². The third-order valence-corrected chi connectivity index (χ3v) is 4.02. The Kier molecular flexibility index (Phi) is 4.57. The summed E-state index contributed by atoms with van der Waals surface area (Å²) in [5, 5.41) is 16.7. The quantitative estimate of drug-likeness (QED) is 0.361. The van der Waals surface area contributed by atoms with Gasteiger partial charge in [0.25, 0.3) is 0 Å². The van der Waals surface area contributed by atoms with Gasteiger partial charge >= 0.3 is 0 Å². The Morgan fingerprint density at radius 1 is 1.28 bits per heavy atom. The molecule has 128 valence electrons. The summed E-state index contributed by atoms with van der Waals surface area (Å²) < 4.78 is 0. The number of aliphatic imine (C=N–C) groups is 1. The summed E-state index contributed by atoms with van der Waals surface area (Å²) in [5.41, 5.74) is 1.62. The molecule has 0 unspecified atom stereocenters. The molecule has 0 saturated carbocycles. The summed E-state index contributed by atoms with van der Waals surface area (Å²) >= 11 is 4.70. The number of aromatic amines is 1. The molecular formula is C16H13N4O4S-. The minimum absolute atomic E-state index is 0.0667. The number of carbonyl (C=O) groups is 3. The highest BCUT2D eigenvalue weighted by Crippen LogP contribution is 2.19. The number of fused-ring (bicyclic) bond motifs is 1. The second kappa shape index (κ2) is 6.81. The number of carboxylic acid groups (broad SMARTS) is 1. The van der Waals surface area contributed by atoms with Gasteiger partial charge in [0.2, 0.25) is 11.8 Å². The molecule has 1 saturated heterocycles. The van der Waals surface area contributed by atoms with Crippen molar-refractivity contribution in [2.75, 3.05) is 0 Å². The first-order chi connectivity index (χ1) is 12.0. The number of carboxylic acids is 1. The van der Waals surface area contributed by atoms with E-state index in [0.29, 0.717) is 0 Å². The molecule has 1 fully saturated rings. The molecule has 2 aromatic rings. The van der Waals surface area contributed by atoms with E-state index in [1.165, 1.54) is 0 Å². The number of nitrogens with one attached hydrogen (secondary N) is 3. The van der Waals surface area contributed by atoms with Crippen molar-refractivity contribution >= 4 is 52.2 Å². The Bertz CT molecular complexity index is 884. The van der Waals surface area contributed by atoms with Crippen LogP contribution < -0.4 is 15.7 Å². The van der Waals surface area contributed by atoms with E-state index in [0.717, 1.165) is 22.7 Å². The minimum Gasteiger partial charge on any atom is -0.548 e. The summed E-state index contributed by atoms with van der Waals surface area (Å²) in [6.07, 6.45) is 2.79. The van der Waals surface area contributed by atoms with Crippen LogP contribution in [0.5, 0.6) is 0 Å². The number of nitrogens with zero attached hydrogens (tertiary/aromatic N) is 1. The van der Waals surface area contributed by atoms with Gasteiger partial charge in [0.15, 0.2) is 11.0 Å². The number of H-pyrrole nitrogens is 1. The van der Waals surface area contributed by atoms with Crippen molar-refractivity contribution in [1.82, 2.24) is 15.6 Å². The van der Waals surface area contributed by atoms with E-state index in [2.05, 4.69) is 20.6 Å². The Hall–Kier alpha value is -3.07. The molecule has 0 radical (unpaired) electrons. The summed E-state index contributed by atoms with van der Waals surface area (Å²) in [6.45, 7) is 0. The minimum atomic E-state index is -1.39. The van der Waals surface area contributed by atoms with E-state index >= 15 is 0 Å². The average molecular weight is 357 g/mol. The molecule has 1 aromatic carbocycles. The maximum atomic E-state index is 11.8. The van der Waals surface area contributed by atoms with Crippen LogP contribution in [0.15, 0.2) is 35.5 Å². The zero-order valence-electron chi connectivity index (χ0n) is 12.8. The molecule has 8 nitrogen and oxygen atoms in total. The van der Waals surface area contributed by atoms with Crippen LogP contribution in [0, 0.1) is 5.92 Å². The fourth-order valence-corrected chi connectivity index (χ4v) is 2.76. The maximum Gasteiger partial charge on any atom is 0.244 e. The van der Waals surface area contributed by atoms with Gasteiger partial charge in [-0.15, -0.1) is 0 Å². The Labute approximate surface area is 147 Å². The number of aliphatic carboxylic acids is 1. The van der Waals surface area contributed by atoms with Crippen molar-refractivity contribution in [2.24, 2.45) is 10.9 Å². The molecule has 2 amide bonds. The number of hydrogen-bond acceptors (Lipinski definition) is 6. The molecule has 9 heteroatoms. The highest BCUT2D eigenvalue weighted by Gasteiger charge is 2.31. The highest BCUT2D eigenvalue weighted by atomic mass is 32.1. The fraction of sp³-hybridized carbons (Fsp3) is 0.188. The number of aromatic nitrogens is 1. The summed E-state index contributed by atoms with van der Waals surface area (Å²) in [4.78, 5) is 41.9. The van der Waals surface area contributed by atoms with Gasteiger partial charge in [-0.1, -0.05) is 18.2 Å². The monoisotopic (exact) mass is 357 g/mol. The zero-order chi connectivity index (χ0) is 18.0. The summed E-state index contributed by atoms with van der Waals surface area (Å²) in [6, 6.07) is 6.21. The summed E-state index contributed by atoms with van der Waals surface area (Å²) in [5.74, 6) is -3.94. The zero-order valence-corrected chi connectivity index (χ0v) is 13.6. The van der Waals surface area contributed by atoms with E-state index in [-0.39, 0.29) is 11.5 Å². The molecule has 3 rings (SSSR count). The lowest BCUT2D eigenvalue weighted by molar-refractivity contribution is -0.307. The molecule has 1 atom stereocenters. The first-order valence-electron chi connectivity index (χ1n) is 7.40. The number of carbonyl (C=O) groups excluding carboxylic acids is 3. The van der Waals surface area contributed by atoms with Gasteiger partial charge in [0, 0.05) is 29.7 Å². The van der Waals surface area contributed by atoms with Crippen LogP contribution >= 0.6 is 12.2 Å². The van der Waals surface area contributed by atoms with E-state index in [4.69, 9.17) is 12.2 Å². The van der Waals surface area contributed by atoms with Gasteiger partial charge < -0.3 is 25.5 Å². The number of benzene rings is 1. The molecule has 0 aliphatic carbocycles. The fourth-order valence-electron chi connectivity index (χ4n) is 2.56. The molecule has 3 N–H and O–H groups in total. The second-order valence-electron chi connectivity index (χ2n) is 5.48. The van der Waals surface area contributed by atoms with Crippen molar-refractivity contribution in [2.45, 2.75) is 12.5 Å². The van der Waals surface area contributed by atoms with Crippen molar-refractivity contribution in [1.29, 1.82) is 0 Å². The summed E-state index contributed by atoms with van der Waals surface area (Å²) in [7, 11) is 0. The van der Waals surface area contributed by atoms with Gasteiger partial charge in [-0.25, -0.2) is 0 Å². The molecule has 0 bridgehead atoms. The van der Waals surface area contributed by atoms with Crippen LogP contribution in [-0.4, -0.2) is 40.1 Å². The lowest BCUT2D eigenvalue weighted by Crippen LogP contribution is -2.56. The number of rotatable bonds is 5. The molecule has 25 heavy (non-hydrogen) atoms. The van der Waals surface area contributed by atoms with Crippen LogP contribution in [0.2, 0.25) is 0 Å². The van der Waals surface area contributed by atoms with Crippen molar-refractivity contribution in [3.05, 3.63) is 36.0 Å². The number of thiocarbonyl (C=S) groups is 1. The smallest absolute Gasteiger partial charge is 0.244 e. The predicted molar refractivity (Wildman–Crippen MR) is 91.7 cm³/mol. The van der Waals surface area contributed by atoms with Gasteiger partial charge in [0.1, 0.15) is 0 Å². The number of para-hydroxylation sites is 1. The lowest BCUT2D eigenvalue weighted by Gasteiger charge is -2.20. The third-order valence-electron chi connectivity index (χ3n) is 3.81. The topological polar surface area (TPSA) is 126 Å². The average Bonchev–Trinajstić information content (AvgIpc) is 2.95. The van der Waals surface area contributed by atoms with E-state index in [1.54, 1.807) is 6.20 Å². The van der Waals surface area contributed by atoms with Crippen LogP contribution in [0.25, 0.3) is 10.9 Å². The first kappa shape index (κ1) is 16.8. The molecule has 1 aliphatic rings. The first-order valence-corrected chi connectivity index (χ1v) is 7.81. The van der Waals surface area contributed by atoms with Crippen molar-refractivity contribution < 1.29 is 19.5 Å². The van der Waals surface area contributed by atoms with Gasteiger partial charge in [-0.3, -0.25) is 14.6 Å². The third kappa shape index (κ3) is 3.56. The van der Waals surface area contributed by atoms with Crippen LogP contribution in [0.3, 0.4) is 0 Å². The molecular weight excluding hydrogens is 344 g/mol. The number of hydrogen-bond donors (Lipinski definition) is 3. The SMILES string of the molecule is O=C1NC(=S)NC(=O)C1C=N[C@H](Cc1c[nH]c2ccccc12)C(=O)[O-]. The Morgan fingerprint density at radius 2 is 1.96 bits per heavy atom. The van der Waals surface area contributed by atoms with E-state index in [1.807, 2.05) is 24.3 Å². The maximum absolute atomic E-state index is 11.8. The van der Waals surface area contributed by atoms with Crippen molar-refractivity contribution in [3.8, 4) is 0 Å². The Balaban J connectivity index is 1.80. The standard InChI is InChI=1S/C16H14N4O4S/c21-13-10(14(22)20-16(25)19-13)7-18-12(15(23)24)5-8-6-17-11-4-2-1-3-9(8)11/h1-4,6-7,10,12,17H,5H2,(H,23,24)(H2,19,20,21,22,25)/p-1/t12-/m1/s1. The molecule has 1 aromatic heterocycles.